The van der Waals surface area contributed by atoms with E-state index in [0.717, 1.165) is 42.4 Å². The SMILES string of the molecule is C/C=C(\CC[C@@H](C)[C@H]1CC[C@@H]2[C@@H]3CC=C4C[C@@H](O)CC[C@]4(C)[C@H]3CC[C@@]21C)C(C)C. The van der Waals surface area contributed by atoms with Crippen molar-refractivity contribution in [1.29, 1.82) is 0 Å². The zero-order valence-corrected chi connectivity index (χ0v) is 20.7. The molecular weight excluding hydrogens is 364 g/mol. The molecule has 30 heavy (non-hydrogen) atoms. The predicted octanol–water partition coefficient (Wildman–Crippen LogP) is 7.94. The second kappa shape index (κ2) is 8.42. The molecule has 3 saturated carbocycles. The van der Waals surface area contributed by atoms with Crippen molar-refractivity contribution in [2.45, 2.75) is 112 Å². The summed E-state index contributed by atoms with van der Waals surface area (Å²) in [6.45, 7) is 14.7. The first-order valence-electron chi connectivity index (χ1n) is 13.2. The molecular formula is C29H48O. The minimum Gasteiger partial charge on any atom is -0.393 e. The number of fused-ring (bicyclic) bond motifs is 5. The average Bonchev–Trinajstić information content (AvgIpc) is 3.06. The van der Waals surface area contributed by atoms with E-state index < -0.39 is 0 Å². The van der Waals surface area contributed by atoms with Crippen LogP contribution in [0.4, 0.5) is 0 Å². The van der Waals surface area contributed by atoms with Gasteiger partial charge in [-0.25, -0.2) is 0 Å². The van der Waals surface area contributed by atoms with Crippen LogP contribution in [0, 0.1) is 46.3 Å². The van der Waals surface area contributed by atoms with E-state index in [1.807, 2.05) is 0 Å². The standard InChI is InChI=1S/C29H48O/c1-7-21(19(2)3)9-8-20(4)25-12-13-26-24-11-10-22-18-23(30)14-16-28(22,5)27(24)15-17-29(25,26)6/h7,10,19-20,23-27,30H,8-9,11-18H2,1-6H3/b21-7+/t20-,23+,24+,25-,26-,27+,28+,29-/m1/s1. The minimum atomic E-state index is -0.0839. The summed E-state index contributed by atoms with van der Waals surface area (Å²) in [5, 5.41) is 10.2. The van der Waals surface area contributed by atoms with Crippen LogP contribution in [0.5, 0.6) is 0 Å². The summed E-state index contributed by atoms with van der Waals surface area (Å²) < 4.78 is 0. The molecule has 0 aliphatic heterocycles. The number of rotatable bonds is 5. The summed E-state index contributed by atoms with van der Waals surface area (Å²) in [5.74, 6) is 5.15. The van der Waals surface area contributed by atoms with Gasteiger partial charge in [0.25, 0.3) is 0 Å². The molecule has 1 heteroatoms. The molecule has 8 atom stereocenters. The number of hydrogen-bond acceptors (Lipinski definition) is 1. The Bertz CT molecular complexity index is 686. The molecule has 0 heterocycles. The van der Waals surface area contributed by atoms with Crippen molar-refractivity contribution in [3.63, 3.8) is 0 Å². The van der Waals surface area contributed by atoms with Gasteiger partial charge in [-0.3, -0.25) is 0 Å². The van der Waals surface area contributed by atoms with Crippen LogP contribution in [0.25, 0.3) is 0 Å². The maximum Gasteiger partial charge on any atom is 0.0577 e. The molecule has 0 aromatic rings. The van der Waals surface area contributed by atoms with E-state index in [9.17, 15) is 5.11 Å². The lowest BCUT2D eigenvalue weighted by Crippen LogP contribution is -2.50. The molecule has 1 N–H and O–H groups in total. The fourth-order valence-electron chi connectivity index (χ4n) is 8.98. The summed E-state index contributed by atoms with van der Waals surface area (Å²) in [5.41, 5.74) is 4.21. The molecule has 0 aromatic heterocycles. The molecule has 3 fully saturated rings. The zero-order valence-electron chi connectivity index (χ0n) is 20.7. The monoisotopic (exact) mass is 412 g/mol. The quantitative estimate of drug-likeness (QED) is 0.454. The lowest BCUT2D eigenvalue weighted by atomic mass is 9.47. The van der Waals surface area contributed by atoms with Crippen molar-refractivity contribution in [1.82, 2.24) is 0 Å². The number of aliphatic hydroxyl groups excluding tert-OH is 1. The molecule has 0 spiro atoms. The van der Waals surface area contributed by atoms with Crippen LogP contribution in [0.1, 0.15) is 106 Å². The summed E-state index contributed by atoms with van der Waals surface area (Å²) in [4.78, 5) is 0. The van der Waals surface area contributed by atoms with Gasteiger partial charge in [0.2, 0.25) is 0 Å². The Labute approximate surface area is 186 Å². The maximum absolute atomic E-state index is 10.2. The first-order chi connectivity index (χ1) is 14.2. The summed E-state index contributed by atoms with van der Waals surface area (Å²) in [7, 11) is 0. The first kappa shape index (κ1) is 22.6. The average molecular weight is 413 g/mol. The molecule has 0 bridgehead atoms. The Morgan fingerprint density at radius 1 is 1.10 bits per heavy atom. The summed E-state index contributed by atoms with van der Waals surface area (Å²) in [6, 6.07) is 0. The third-order valence-corrected chi connectivity index (χ3v) is 10.8. The van der Waals surface area contributed by atoms with Crippen LogP contribution >= 0.6 is 0 Å². The van der Waals surface area contributed by atoms with Crippen LogP contribution < -0.4 is 0 Å². The highest BCUT2D eigenvalue weighted by molar-refractivity contribution is 5.25. The van der Waals surface area contributed by atoms with Gasteiger partial charge in [0.1, 0.15) is 0 Å². The van der Waals surface area contributed by atoms with Gasteiger partial charge in [-0.1, -0.05) is 57.9 Å². The van der Waals surface area contributed by atoms with Crippen LogP contribution in [-0.4, -0.2) is 11.2 Å². The molecule has 0 unspecified atom stereocenters. The van der Waals surface area contributed by atoms with Gasteiger partial charge < -0.3 is 5.11 Å². The van der Waals surface area contributed by atoms with Gasteiger partial charge in [-0.05, 0) is 117 Å². The van der Waals surface area contributed by atoms with E-state index in [2.05, 4.69) is 53.7 Å². The largest absolute Gasteiger partial charge is 0.393 e. The highest BCUT2D eigenvalue weighted by atomic mass is 16.3. The third-order valence-electron chi connectivity index (χ3n) is 10.8. The fourth-order valence-corrected chi connectivity index (χ4v) is 8.98. The van der Waals surface area contributed by atoms with E-state index in [1.165, 1.54) is 51.4 Å². The summed E-state index contributed by atoms with van der Waals surface area (Å²) >= 11 is 0. The van der Waals surface area contributed by atoms with Gasteiger partial charge in [-0.2, -0.15) is 0 Å². The van der Waals surface area contributed by atoms with E-state index in [-0.39, 0.29) is 6.10 Å². The van der Waals surface area contributed by atoms with Gasteiger partial charge >= 0.3 is 0 Å². The van der Waals surface area contributed by atoms with Crippen LogP contribution in [-0.2, 0) is 0 Å². The molecule has 0 amide bonds. The van der Waals surface area contributed by atoms with E-state index in [1.54, 1.807) is 11.1 Å². The van der Waals surface area contributed by atoms with E-state index in [4.69, 9.17) is 0 Å². The molecule has 0 aromatic carbocycles. The van der Waals surface area contributed by atoms with Gasteiger partial charge in [0, 0.05) is 0 Å². The predicted molar refractivity (Wildman–Crippen MR) is 128 cm³/mol. The van der Waals surface area contributed by atoms with E-state index >= 15 is 0 Å². The first-order valence-corrected chi connectivity index (χ1v) is 13.2. The Morgan fingerprint density at radius 2 is 1.87 bits per heavy atom. The Morgan fingerprint density at radius 3 is 2.57 bits per heavy atom. The molecule has 0 radical (unpaired) electrons. The molecule has 170 valence electrons. The van der Waals surface area contributed by atoms with Crippen LogP contribution in [0.2, 0.25) is 0 Å². The molecule has 1 nitrogen and oxygen atoms in total. The van der Waals surface area contributed by atoms with Crippen molar-refractivity contribution in [2.24, 2.45) is 46.3 Å². The number of hydrogen-bond donors (Lipinski definition) is 1. The third kappa shape index (κ3) is 3.66. The number of allylic oxidation sites excluding steroid dienone is 3. The van der Waals surface area contributed by atoms with Crippen molar-refractivity contribution in [3.8, 4) is 0 Å². The Balaban J connectivity index is 1.49. The van der Waals surface area contributed by atoms with Crippen molar-refractivity contribution < 1.29 is 5.11 Å². The maximum atomic E-state index is 10.2. The van der Waals surface area contributed by atoms with Gasteiger partial charge in [0.15, 0.2) is 0 Å². The van der Waals surface area contributed by atoms with Crippen LogP contribution in [0.3, 0.4) is 0 Å². The normalized spacial score (nSPS) is 44.9. The fraction of sp³-hybridized carbons (Fsp3) is 0.862. The van der Waals surface area contributed by atoms with Gasteiger partial charge in [0.05, 0.1) is 6.10 Å². The van der Waals surface area contributed by atoms with Crippen LogP contribution in [0.15, 0.2) is 23.3 Å². The van der Waals surface area contributed by atoms with Crippen molar-refractivity contribution in [3.05, 3.63) is 23.3 Å². The zero-order chi connectivity index (χ0) is 21.7. The highest BCUT2D eigenvalue weighted by Gasteiger charge is 2.59. The van der Waals surface area contributed by atoms with Gasteiger partial charge in [-0.15, -0.1) is 0 Å². The molecule has 0 saturated heterocycles. The Kier molecular flexibility index (Phi) is 6.35. The molecule has 4 rings (SSSR count). The topological polar surface area (TPSA) is 20.2 Å². The van der Waals surface area contributed by atoms with Crippen molar-refractivity contribution in [2.75, 3.05) is 0 Å². The second-order valence-corrected chi connectivity index (χ2v) is 12.4. The lowest BCUT2D eigenvalue weighted by Gasteiger charge is -2.58. The van der Waals surface area contributed by atoms with E-state index in [0.29, 0.717) is 16.7 Å². The number of aliphatic hydroxyl groups is 1. The lowest BCUT2D eigenvalue weighted by molar-refractivity contribution is -0.0571. The van der Waals surface area contributed by atoms with Crippen molar-refractivity contribution >= 4 is 0 Å². The second-order valence-electron chi connectivity index (χ2n) is 12.4. The molecule has 4 aliphatic rings. The smallest absolute Gasteiger partial charge is 0.0577 e. The molecule has 4 aliphatic carbocycles. The Hall–Kier alpha value is -0.560. The highest BCUT2D eigenvalue weighted by Crippen LogP contribution is 2.67. The summed E-state index contributed by atoms with van der Waals surface area (Å²) in [6.07, 6.45) is 17.8. The minimum absolute atomic E-state index is 0.0839.